The first-order valence-electron chi connectivity index (χ1n) is 11.7. The van der Waals surface area contributed by atoms with Gasteiger partial charge in [-0.2, -0.15) is 0 Å². The third kappa shape index (κ3) is 7.03. The van der Waals surface area contributed by atoms with E-state index in [0.717, 1.165) is 31.4 Å². The van der Waals surface area contributed by atoms with Gasteiger partial charge in [0.25, 0.3) is 5.91 Å². The Morgan fingerprint density at radius 2 is 1.79 bits per heavy atom. The standard InChI is InChI=1S/C24H35N7O3/c1-14(2)15-11-8-12-19(26-15)28-18-13-20(30-31-21(18)22(25)32)27-16-9-6-7-10-17(16)29-23(33)34-24(3,4)5/h8,11-14,16-17H,6-7,9-10H2,1-5H3,(H2,25,32)(H,29,33)(H2,26,27,28,30)/t16-,17+/m1/s1. The number of hydrogen-bond acceptors (Lipinski definition) is 8. The van der Waals surface area contributed by atoms with Gasteiger partial charge in [0.05, 0.1) is 11.7 Å². The van der Waals surface area contributed by atoms with Crippen LogP contribution in [0.15, 0.2) is 24.3 Å². The van der Waals surface area contributed by atoms with Crippen molar-refractivity contribution in [3.63, 3.8) is 0 Å². The summed E-state index contributed by atoms with van der Waals surface area (Å²) in [6.07, 6.45) is 3.25. The number of nitrogens with two attached hydrogens (primary N) is 1. The Hall–Kier alpha value is -3.43. The number of aromatic nitrogens is 3. The highest BCUT2D eigenvalue weighted by Crippen LogP contribution is 2.26. The molecule has 10 nitrogen and oxygen atoms in total. The third-order valence-corrected chi connectivity index (χ3v) is 5.45. The van der Waals surface area contributed by atoms with Gasteiger partial charge in [-0.1, -0.05) is 32.8 Å². The van der Waals surface area contributed by atoms with Crippen molar-refractivity contribution >= 4 is 29.3 Å². The molecule has 5 N–H and O–H groups in total. The number of carbonyl (C=O) groups is 2. The summed E-state index contributed by atoms with van der Waals surface area (Å²) in [5.74, 6) is 0.611. The zero-order chi connectivity index (χ0) is 24.9. The molecule has 2 aromatic heterocycles. The van der Waals surface area contributed by atoms with Crippen molar-refractivity contribution in [2.24, 2.45) is 5.73 Å². The molecule has 0 bridgehead atoms. The van der Waals surface area contributed by atoms with Crippen LogP contribution >= 0.6 is 0 Å². The maximum Gasteiger partial charge on any atom is 0.407 e. The number of primary amides is 1. The lowest BCUT2D eigenvalue weighted by Gasteiger charge is -2.33. The van der Waals surface area contributed by atoms with Gasteiger partial charge in [0.15, 0.2) is 11.5 Å². The molecule has 10 heteroatoms. The van der Waals surface area contributed by atoms with Crippen LogP contribution in [0.1, 0.15) is 82.4 Å². The van der Waals surface area contributed by atoms with Gasteiger partial charge >= 0.3 is 6.09 Å². The number of carbonyl (C=O) groups excluding carboxylic acids is 2. The van der Waals surface area contributed by atoms with Gasteiger partial charge in [0, 0.05) is 17.8 Å². The van der Waals surface area contributed by atoms with Gasteiger partial charge in [-0.3, -0.25) is 4.79 Å². The maximum atomic E-state index is 12.3. The van der Waals surface area contributed by atoms with Gasteiger partial charge in [0.2, 0.25) is 0 Å². The molecule has 1 fully saturated rings. The molecular formula is C24H35N7O3. The summed E-state index contributed by atoms with van der Waals surface area (Å²) in [5.41, 5.74) is 6.31. The summed E-state index contributed by atoms with van der Waals surface area (Å²) in [6, 6.07) is 7.16. The smallest absolute Gasteiger partial charge is 0.407 e. The number of nitrogens with zero attached hydrogens (tertiary/aromatic N) is 3. The van der Waals surface area contributed by atoms with Crippen LogP contribution in [0.25, 0.3) is 0 Å². The zero-order valence-corrected chi connectivity index (χ0v) is 20.5. The number of amides is 2. The predicted octanol–water partition coefficient (Wildman–Crippen LogP) is 4.09. The van der Waals surface area contributed by atoms with E-state index in [4.69, 9.17) is 10.5 Å². The summed E-state index contributed by atoms with van der Waals surface area (Å²) < 4.78 is 5.42. The predicted molar refractivity (Wildman–Crippen MR) is 131 cm³/mol. The number of nitrogens with one attached hydrogen (secondary N) is 3. The van der Waals surface area contributed by atoms with E-state index in [1.165, 1.54) is 0 Å². The Kier molecular flexibility index (Phi) is 7.90. The largest absolute Gasteiger partial charge is 0.444 e. The average molecular weight is 470 g/mol. The van der Waals surface area contributed by atoms with Gasteiger partial charge in [-0.25, -0.2) is 9.78 Å². The van der Waals surface area contributed by atoms with E-state index in [1.54, 1.807) is 6.07 Å². The number of pyridine rings is 1. The summed E-state index contributed by atoms with van der Waals surface area (Å²) in [7, 11) is 0. The van der Waals surface area contributed by atoms with Crippen LogP contribution in [0.4, 0.5) is 22.1 Å². The van der Waals surface area contributed by atoms with Crippen molar-refractivity contribution in [2.75, 3.05) is 10.6 Å². The quantitative estimate of drug-likeness (QED) is 0.475. The second-order valence-corrected chi connectivity index (χ2v) is 9.87. The highest BCUT2D eigenvalue weighted by Gasteiger charge is 2.29. The van der Waals surface area contributed by atoms with E-state index in [9.17, 15) is 9.59 Å². The topological polar surface area (TPSA) is 144 Å². The van der Waals surface area contributed by atoms with E-state index in [2.05, 4.69) is 45.0 Å². The number of anilines is 3. The van der Waals surface area contributed by atoms with E-state index >= 15 is 0 Å². The van der Waals surface area contributed by atoms with Crippen molar-refractivity contribution in [3.8, 4) is 0 Å². The molecule has 0 aromatic carbocycles. The van der Waals surface area contributed by atoms with Crippen LogP contribution in [0.5, 0.6) is 0 Å². The maximum absolute atomic E-state index is 12.3. The molecule has 0 unspecified atom stereocenters. The summed E-state index contributed by atoms with van der Waals surface area (Å²) in [4.78, 5) is 28.9. The molecule has 2 heterocycles. The highest BCUT2D eigenvalue weighted by molar-refractivity contribution is 5.97. The number of rotatable bonds is 7. The first kappa shape index (κ1) is 25.2. The Morgan fingerprint density at radius 3 is 2.44 bits per heavy atom. The number of ether oxygens (including phenoxy) is 1. The van der Waals surface area contributed by atoms with E-state index in [-0.39, 0.29) is 23.7 Å². The molecule has 3 rings (SSSR count). The van der Waals surface area contributed by atoms with Gasteiger partial charge < -0.3 is 26.4 Å². The lowest BCUT2D eigenvalue weighted by molar-refractivity contribution is 0.0488. The van der Waals surface area contributed by atoms with Crippen LogP contribution in [-0.2, 0) is 4.74 Å². The van der Waals surface area contributed by atoms with Crippen molar-refractivity contribution in [2.45, 2.75) is 83.9 Å². The third-order valence-electron chi connectivity index (χ3n) is 5.45. The normalized spacial score (nSPS) is 18.3. The molecule has 184 valence electrons. The Morgan fingerprint density at radius 1 is 1.09 bits per heavy atom. The van der Waals surface area contributed by atoms with Crippen molar-refractivity contribution in [1.82, 2.24) is 20.5 Å². The van der Waals surface area contributed by atoms with E-state index in [0.29, 0.717) is 17.3 Å². The van der Waals surface area contributed by atoms with Gasteiger partial charge in [0.1, 0.15) is 11.4 Å². The Bertz CT molecular complexity index is 1020. The Balaban J connectivity index is 1.79. The molecule has 0 aliphatic heterocycles. The van der Waals surface area contributed by atoms with Gasteiger partial charge in [-0.15, -0.1) is 10.2 Å². The molecule has 0 radical (unpaired) electrons. The second-order valence-electron chi connectivity index (χ2n) is 9.87. The van der Waals surface area contributed by atoms with Crippen molar-refractivity contribution < 1.29 is 14.3 Å². The molecule has 1 aliphatic carbocycles. The first-order chi connectivity index (χ1) is 16.0. The van der Waals surface area contributed by atoms with E-state index in [1.807, 2.05) is 39.0 Å². The van der Waals surface area contributed by atoms with Gasteiger partial charge in [-0.05, 0) is 51.7 Å². The fourth-order valence-corrected chi connectivity index (χ4v) is 3.85. The number of alkyl carbamates (subject to hydrolysis) is 1. The average Bonchev–Trinajstić information content (AvgIpc) is 2.74. The Labute approximate surface area is 200 Å². The molecule has 0 saturated heterocycles. The minimum Gasteiger partial charge on any atom is -0.444 e. The van der Waals surface area contributed by atoms with Crippen molar-refractivity contribution in [1.29, 1.82) is 0 Å². The summed E-state index contributed by atoms with van der Waals surface area (Å²) in [5, 5.41) is 17.7. The monoisotopic (exact) mass is 469 g/mol. The first-order valence-corrected chi connectivity index (χ1v) is 11.7. The van der Waals surface area contributed by atoms with Crippen LogP contribution in [0, 0.1) is 0 Å². The van der Waals surface area contributed by atoms with Crippen LogP contribution in [0.2, 0.25) is 0 Å². The molecule has 1 saturated carbocycles. The molecule has 2 amide bonds. The molecule has 2 atom stereocenters. The van der Waals surface area contributed by atoms with E-state index < -0.39 is 17.6 Å². The molecule has 1 aliphatic rings. The second kappa shape index (κ2) is 10.7. The minimum atomic E-state index is -0.691. The van der Waals surface area contributed by atoms with Crippen molar-refractivity contribution in [3.05, 3.63) is 35.7 Å². The minimum absolute atomic E-state index is 0.0226. The molecule has 2 aromatic rings. The SMILES string of the molecule is CC(C)c1cccc(Nc2cc(N[C@@H]3CCCC[C@@H]3NC(=O)OC(C)(C)C)nnc2C(N)=O)n1. The molecular weight excluding hydrogens is 434 g/mol. The van der Waals surface area contributed by atoms with Crippen LogP contribution in [0.3, 0.4) is 0 Å². The number of hydrogen-bond donors (Lipinski definition) is 4. The fourth-order valence-electron chi connectivity index (χ4n) is 3.85. The lowest BCUT2D eigenvalue weighted by atomic mass is 9.90. The summed E-state index contributed by atoms with van der Waals surface area (Å²) >= 11 is 0. The van der Waals surface area contributed by atoms with Crippen LogP contribution in [-0.4, -0.2) is 44.9 Å². The van der Waals surface area contributed by atoms with Crippen LogP contribution < -0.4 is 21.7 Å². The molecule has 34 heavy (non-hydrogen) atoms. The molecule has 0 spiro atoms. The highest BCUT2D eigenvalue weighted by atomic mass is 16.6. The zero-order valence-electron chi connectivity index (χ0n) is 20.5. The fraction of sp³-hybridized carbons (Fsp3) is 0.542. The summed E-state index contributed by atoms with van der Waals surface area (Å²) in [6.45, 7) is 9.61. The lowest BCUT2D eigenvalue weighted by Crippen LogP contribution is -2.49.